The van der Waals surface area contributed by atoms with Crippen molar-refractivity contribution in [2.45, 2.75) is 19.8 Å². The largest absolute Gasteiger partial charge is 0.491 e. The quantitative estimate of drug-likeness (QED) is 0.916. The maximum atomic E-state index is 12.2. The number of aryl methyl sites for hydroxylation is 1. The van der Waals surface area contributed by atoms with Crippen molar-refractivity contribution < 1.29 is 14.3 Å². The number of carbonyl (C=O) groups is 2. The van der Waals surface area contributed by atoms with Crippen LogP contribution in [-0.2, 0) is 16.0 Å². The fraction of sp³-hybridized carbons (Fsp3) is 0.222. The highest BCUT2D eigenvalue weighted by atomic mass is 16.5. The van der Waals surface area contributed by atoms with E-state index in [0.717, 1.165) is 16.8 Å². The number of hydrogen-bond acceptors (Lipinski definition) is 3. The van der Waals surface area contributed by atoms with Gasteiger partial charge >= 0.3 is 0 Å². The first-order valence-corrected chi connectivity index (χ1v) is 7.52. The lowest BCUT2D eigenvalue weighted by molar-refractivity contribution is -0.116. The standard InChI is InChI=1S/C18H18N2O3/c1-12-3-2-4-14(9-12)19-18(22)11-13-5-6-16-15(10-13)20-17(21)7-8-23-16/h2-6,9-10H,7-8,11H2,1H3,(H,19,22)(H,20,21). The minimum Gasteiger partial charge on any atom is -0.491 e. The van der Waals surface area contributed by atoms with Gasteiger partial charge in [0.05, 0.1) is 25.1 Å². The minimum absolute atomic E-state index is 0.0786. The Kier molecular flexibility index (Phi) is 4.28. The van der Waals surface area contributed by atoms with Crippen molar-refractivity contribution in [1.29, 1.82) is 0 Å². The van der Waals surface area contributed by atoms with E-state index in [2.05, 4.69) is 10.6 Å². The Morgan fingerprint density at radius 1 is 1.26 bits per heavy atom. The highest BCUT2D eigenvalue weighted by Crippen LogP contribution is 2.28. The number of carbonyl (C=O) groups excluding carboxylic acids is 2. The van der Waals surface area contributed by atoms with E-state index in [1.54, 1.807) is 12.1 Å². The van der Waals surface area contributed by atoms with Gasteiger partial charge in [-0.15, -0.1) is 0 Å². The lowest BCUT2D eigenvalue weighted by Crippen LogP contribution is -2.15. The molecule has 0 unspecified atom stereocenters. The van der Waals surface area contributed by atoms with Crippen LogP contribution in [0.4, 0.5) is 11.4 Å². The summed E-state index contributed by atoms with van der Waals surface area (Å²) in [4.78, 5) is 23.7. The van der Waals surface area contributed by atoms with Gasteiger partial charge in [0, 0.05) is 5.69 Å². The predicted octanol–water partition coefficient (Wildman–Crippen LogP) is 2.90. The van der Waals surface area contributed by atoms with Crippen LogP contribution in [-0.4, -0.2) is 18.4 Å². The van der Waals surface area contributed by atoms with Crippen LogP contribution < -0.4 is 15.4 Å². The molecule has 2 N–H and O–H groups in total. The SMILES string of the molecule is Cc1cccc(NC(=O)Cc2ccc3c(c2)NC(=O)CCO3)c1. The highest BCUT2D eigenvalue weighted by Gasteiger charge is 2.15. The second-order valence-electron chi connectivity index (χ2n) is 5.57. The summed E-state index contributed by atoms with van der Waals surface area (Å²) in [6.07, 6.45) is 0.564. The molecule has 2 amide bonds. The second-order valence-corrected chi connectivity index (χ2v) is 5.57. The van der Waals surface area contributed by atoms with Crippen LogP contribution in [0.15, 0.2) is 42.5 Å². The summed E-state index contributed by atoms with van der Waals surface area (Å²) in [6, 6.07) is 13.1. The van der Waals surface area contributed by atoms with E-state index < -0.39 is 0 Å². The van der Waals surface area contributed by atoms with Crippen LogP contribution in [0.1, 0.15) is 17.5 Å². The minimum atomic E-state index is -0.101. The number of hydrogen-bond donors (Lipinski definition) is 2. The Morgan fingerprint density at radius 2 is 2.13 bits per heavy atom. The van der Waals surface area contributed by atoms with Gasteiger partial charge in [-0.2, -0.15) is 0 Å². The third kappa shape index (κ3) is 3.88. The van der Waals surface area contributed by atoms with E-state index in [1.165, 1.54) is 0 Å². The Hall–Kier alpha value is -2.82. The van der Waals surface area contributed by atoms with E-state index >= 15 is 0 Å². The lowest BCUT2D eigenvalue weighted by Gasteiger charge is -2.10. The molecule has 1 aliphatic rings. The summed E-state index contributed by atoms with van der Waals surface area (Å²) in [7, 11) is 0. The molecule has 2 aromatic carbocycles. The Bertz CT molecular complexity index is 756. The Morgan fingerprint density at radius 3 is 2.96 bits per heavy atom. The van der Waals surface area contributed by atoms with E-state index in [9.17, 15) is 9.59 Å². The van der Waals surface area contributed by atoms with Gasteiger partial charge in [0.2, 0.25) is 11.8 Å². The van der Waals surface area contributed by atoms with Crippen molar-refractivity contribution in [2.75, 3.05) is 17.2 Å². The van der Waals surface area contributed by atoms with E-state index in [0.29, 0.717) is 24.5 Å². The zero-order valence-corrected chi connectivity index (χ0v) is 12.9. The monoisotopic (exact) mass is 310 g/mol. The van der Waals surface area contributed by atoms with Gasteiger partial charge in [-0.05, 0) is 42.3 Å². The van der Waals surface area contributed by atoms with Crippen LogP contribution in [0.3, 0.4) is 0 Å². The molecule has 0 fully saturated rings. The van der Waals surface area contributed by atoms with Gasteiger partial charge in [-0.1, -0.05) is 18.2 Å². The lowest BCUT2D eigenvalue weighted by atomic mass is 10.1. The molecule has 0 aliphatic carbocycles. The smallest absolute Gasteiger partial charge is 0.228 e. The molecule has 0 spiro atoms. The topological polar surface area (TPSA) is 67.4 Å². The maximum absolute atomic E-state index is 12.2. The van der Waals surface area contributed by atoms with Crippen LogP contribution in [0, 0.1) is 6.92 Å². The van der Waals surface area contributed by atoms with Gasteiger partial charge in [-0.25, -0.2) is 0 Å². The van der Waals surface area contributed by atoms with Crippen molar-refractivity contribution in [2.24, 2.45) is 0 Å². The molecule has 1 aliphatic heterocycles. The molecule has 23 heavy (non-hydrogen) atoms. The summed E-state index contributed by atoms with van der Waals surface area (Å²) >= 11 is 0. The summed E-state index contributed by atoms with van der Waals surface area (Å²) in [6.45, 7) is 2.34. The molecule has 5 nitrogen and oxygen atoms in total. The first kappa shape index (κ1) is 15.1. The van der Waals surface area contributed by atoms with Crippen molar-refractivity contribution in [3.8, 4) is 5.75 Å². The molecule has 2 aromatic rings. The number of nitrogens with one attached hydrogen (secondary N) is 2. The van der Waals surface area contributed by atoms with Crippen molar-refractivity contribution in [1.82, 2.24) is 0 Å². The molecule has 0 saturated heterocycles. The summed E-state index contributed by atoms with van der Waals surface area (Å²) in [5.74, 6) is 0.459. The van der Waals surface area contributed by atoms with Gasteiger partial charge in [0.15, 0.2) is 0 Å². The van der Waals surface area contributed by atoms with Crippen molar-refractivity contribution in [3.05, 3.63) is 53.6 Å². The van der Waals surface area contributed by atoms with Crippen molar-refractivity contribution in [3.63, 3.8) is 0 Å². The average Bonchev–Trinajstić information content (AvgIpc) is 2.67. The number of amides is 2. The maximum Gasteiger partial charge on any atom is 0.228 e. The van der Waals surface area contributed by atoms with Gasteiger partial charge in [0.1, 0.15) is 5.75 Å². The molecule has 0 radical (unpaired) electrons. The number of fused-ring (bicyclic) bond motifs is 1. The highest BCUT2D eigenvalue weighted by molar-refractivity contribution is 5.94. The molecule has 0 bridgehead atoms. The molecule has 0 saturated carbocycles. The Labute approximate surface area is 134 Å². The van der Waals surface area contributed by atoms with Crippen LogP contribution in [0.25, 0.3) is 0 Å². The molecule has 1 heterocycles. The third-order valence-electron chi connectivity index (χ3n) is 3.57. The van der Waals surface area contributed by atoms with Crippen LogP contribution in [0.5, 0.6) is 5.75 Å². The first-order chi connectivity index (χ1) is 11.1. The summed E-state index contributed by atoms with van der Waals surface area (Å²) < 4.78 is 5.50. The Balaban J connectivity index is 1.70. The fourth-order valence-corrected chi connectivity index (χ4v) is 2.49. The number of rotatable bonds is 3. The number of ether oxygens (including phenoxy) is 1. The average molecular weight is 310 g/mol. The van der Waals surface area contributed by atoms with Crippen LogP contribution >= 0.6 is 0 Å². The molecule has 0 aromatic heterocycles. The van der Waals surface area contributed by atoms with E-state index in [4.69, 9.17) is 4.74 Å². The number of benzene rings is 2. The molecule has 0 atom stereocenters. The van der Waals surface area contributed by atoms with Crippen LogP contribution in [0.2, 0.25) is 0 Å². The first-order valence-electron chi connectivity index (χ1n) is 7.52. The van der Waals surface area contributed by atoms with Crippen molar-refractivity contribution >= 4 is 23.2 Å². The molecular weight excluding hydrogens is 292 g/mol. The van der Waals surface area contributed by atoms with Gasteiger partial charge in [0.25, 0.3) is 0 Å². The van der Waals surface area contributed by atoms with E-state index in [-0.39, 0.29) is 18.2 Å². The third-order valence-corrected chi connectivity index (χ3v) is 3.57. The zero-order valence-electron chi connectivity index (χ0n) is 12.9. The molecule has 118 valence electrons. The second kappa shape index (κ2) is 6.52. The van der Waals surface area contributed by atoms with Gasteiger partial charge < -0.3 is 15.4 Å². The summed E-state index contributed by atoms with van der Waals surface area (Å²) in [5.41, 5.74) is 3.31. The molecule has 5 heteroatoms. The van der Waals surface area contributed by atoms with Gasteiger partial charge in [-0.3, -0.25) is 9.59 Å². The fourth-order valence-electron chi connectivity index (χ4n) is 2.49. The zero-order chi connectivity index (χ0) is 16.2. The summed E-state index contributed by atoms with van der Waals surface area (Å²) in [5, 5.41) is 5.67. The molecular formula is C18H18N2O3. The molecule has 3 rings (SSSR count). The number of anilines is 2. The predicted molar refractivity (Wildman–Crippen MR) is 88.7 cm³/mol. The van der Waals surface area contributed by atoms with E-state index in [1.807, 2.05) is 37.3 Å². The normalized spacial score (nSPS) is 13.3.